The molecular formula is C21H19N3O2. The van der Waals surface area contributed by atoms with E-state index >= 15 is 0 Å². The summed E-state index contributed by atoms with van der Waals surface area (Å²) in [6.45, 7) is 3.87. The summed E-state index contributed by atoms with van der Waals surface area (Å²) >= 11 is 0. The molecule has 0 bridgehead atoms. The number of rotatable bonds is 4. The van der Waals surface area contributed by atoms with Gasteiger partial charge in [-0.15, -0.1) is 0 Å². The van der Waals surface area contributed by atoms with Crippen molar-refractivity contribution in [3.63, 3.8) is 0 Å². The summed E-state index contributed by atoms with van der Waals surface area (Å²) in [4.78, 5) is 29.0. The molecule has 26 heavy (non-hydrogen) atoms. The van der Waals surface area contributed by atoms with Crippen molar-refractivity contribution < 1.29 is 9.59 Å². The van der Waals surface area contributed by atoms with E-state index in [0.29, 0.717) is 16.9 Å². The summed E-state index contributed by atoms with van der Waals surface area (Å²) in [5.41, 5.74) is 3.98. The molecule has 0 aliphatic rings. The Balaban J connectivity index is 1.76. The summed E-state index contributed by atoms with van der Waals surface area (Å²) in [6.07, 6.45) is 1.46. The number of nitrogens with one attached hydrogen (secondary N) is 2. The molecule has 5 heteroatoms. The Kier molecular flexibility index (Phi) is 5.08. The Bertz CT molecular complexity index is 967. The standard InChI is InChI=1S/C21H19N3O2/c1-14-6-5-8-17(12-14)23-20(25)16-10-11-22-19(13-16)21(26)24-18-9-4-3-7-15(18)2/h3-13H,1-2H3,(H,23,25)(H,24,26). The number of pyridine rings is 1. The van der Waals surface area contributed by atoms with Gasteiger partial charge in [-0.3, -0.25) is 14.6 Å². The van der Waals surface area contributed by atoms with Gasteiger partial charge >= 0.3 is 0 Å². The zero-order valence-electron chi connectivity index (χ0n) is 14.6. The van der Waals surface area contributed by atoms with E-state index < -0.39 is 0 Å². The van der Waals surface area contributed by atoms with Gasteiger partial charge in [0.1, 0.15) is 5.69 Å². The highest BCUT2D eigenvalue weighted by molar-refractivity contribution is 6.08. The number of carbonyl (C=O) groups excluding carboxylic acids is 2. The molecule has 0 saturated heterocycles. The second kappa shape index (κ2) is 7.61. The van der Waals surface area contributed by atoms with Crippen LogP contribution in [0.25, 0.3) is 0 Å². The number of benzene rings is 2. The average molecular weight is 345 g/mol. The minimum absolute atomic E-state index is 0.185. The van der Waals surface area contributed by atoms with E-state index in [2.05, 4.69) is 15.6 Å². The Morgan fingerprint density at radius 3 is 2.42 bits per heavy atom. The van der Waals surface area contributed by atoms with Gasteiger partial charge in [0.15, 0.2) is 0 Å². The lowest BCUT2D eigenvalue weighted by atomic mass is 10.1. The zero-order valence-corrected chi connectivity index (χ0v) is 14.6. The molecule has 0 aliphatic carbocycles. The second-order valence-corrected chi connectivity index (χ2v) is 6.02. The molecule has 5 nitrogen and oxygen atoms in total. The van der Waals surface area contributed by atoms with Crippen LogP contribution >= 0.6 is 0 Å². The number of amides is 2. The van der Waals surface area contributed by atoms with E-state index in [1.54, 1.807) is 6.07 Å². The fourth-order valence-electron chi connectivity index (χ4n) is 2.52. The van der Waals surface area contributed by atoms with E-state index in [4.69, 9.17) is 0 Å². The number of para-hydroxylation sites is 1. The van der Waals surface area contributed by atoms with Gasteiger partial charge in [0.2, 0.25) is 0 Å². The van der Waals surface area contributed by atoms with E-state index in [9.17, 15) is 9.59 Å². The van der Waals surface area contributed by atoms with Crippen LogP contribution in [0.4, 0.5) is 11.4 Å². The van der Waals surface area contributed by atoms with Crippen LogP contribution in [0.1, 0.15) is 32.0 Å². The third-order valence-electron chi connectivity index (χ3n) is 3.92. The van der Waals surface area contributed by atoms with Crippen LogP contribution < -0.4 is 10.6 Å². The van der Waals surface area contributed by atoms with Gasteiger partial charge in [-0.25, -0.2) is 0 Å². The summed E-state index contributed by atoms with van der Waals surface area (Å²) in [6, 6.07) is 18.1. The fraction of sp³-hybridized carbons (Fsp3) is 0.0952. The van der Waals surface area contributed by atoms with Gasteiger partial charge in [0.05, 0.1) is 0 Å². The quantitative estimate of drug-likeness (QED) is 0.744. The van der Waals surface area contributed by atoms with Crippen molar-refractivity contribution >= 4 is 23.2 Å². The first-order valence-electron chi connectivity index (χ1n) is 8.24. The molecular weight excluding hydrogens is 326 g/mol. The molecule has 0 radical (unpaired) electrons. The van der Waals surface area contributed by atoms with Gasteiger partial charge in [0.25, 0.3) is 11.8 Å². The second-order valence-electron chi connectivity index (χ2n) is 6.02. The van der Waals surface area contributed by atoms with Crippen LogP contribution in [-0.4, -0.2) is 16.8 Å². The van der Waals surface area contributed by atoms with E-state index in [1.165, 1.54) is 12.3 Å². The lowest BCUT2D eigenvalue weighted by Crippen LogP contribution is -2.17. The minimum atomic E-state index is -0.357. The summed E-state index contributed by atoms with van der Waals surface area (Å²) in [5, 5.41) is 5.64. The lowest BCUT2D eigenvalue weighted by molar-refractivity contribution is 0.102. The molecule has 2 amide bonds. The first-order chi connectivity index (χ1) is 12.5. The molecule has 0 aliphatic heterocycles. The zero-order chi connectivity index (χ0) is 18.5. The van der Waals surface area contributed by atoms with Crippen LogP contribution in [0.3, 0.4) is 0 Å². The van der Waals surface area contributed by atoms with E-state index in [-0.39, 0.29) is 17.5 Å². The fourth-order valence-corrected chi connectivity index (χ4v) is 2.52. The van der Waals surface area contributed by atoms with E-state index in [0.717, 1.165) is 11.1 Å². The first-order valence-corrected chi connectivity index (χ1v) is 8.24. The number of hydrogen-bond donors (Lipinski definition) is 2. The third kappa shape index (κ3) is 4.13. The molecule has 0 fully saturated rings. The smallest absolute Gasteiger partial charge is 0.274 e. The number of aromatic nitrogens is 1. The maximum atomic E-state index is 12.4. The maximum absolute atomic E-state index is 12.4. The van der Waals surface area contributed by atoms with Crippen molar-refractivity contribution in [3.8, 4) is 0 Å². The molecule has 0 spiro atoms. The molecule has 3 aromatic rings. The predicted octanol–water partition coefficient (Wildman–Crippen LogP) is 4.20. The molecule has 0 saturated carbocycles. The van der Waals surface area contributed by atoms with Crippen molar-refractivity contribution in [1.82, 2.24) is 4.98 Å². The Morgan fingerprint density at radius 1 is 0.846 bits per heavy atom. The Labute approximate surface area is 152 Å². The average Bonchev–Trinajstić information content (AvgIpc) is 2.63. The Morgan fingerprint density at radius 2 is 1.65 bits per heavy atom. The SMILES string of the molecule is Cc1cccc(NC(=O)c2ccnc(C(=O)Nc3ccccc3C)c2)c1. The highest BCUT2D eigenvalue weighted by Gasteiger charge is 2.13. The van der Waals surface area contributed by atoms with Gasteiger partial charge in [0, 0.05) is 23.1 Å². The van der Waals surface area contributed by atoms with Crippen LogP contribution in [0.5, 0.6) is 0 Å². The molecule has 1 aromatic heterocycles. The molecule has 2 aromatic carbocycles. The van der Waals surface area contributed by atoms with Crippen LogP contribution in [-0.2, 0) is 0 Å². The molecule has 0 unspecified atom stereocenters. The van der Waals surface area contributed by atoms with Crippen LogP contribution in [0.15, 0.2) is 66.9 Å². The van der Waals surface area contributed by atoms with Crippen LogP contribution in [0, 0.1) is 13.8 Å². The number of carbonyl (C=O) groups is 2. The van der Waals surface area contributed by atoms with Crippen molar-refractivity contribution in [2.24, 2.45) is 0 Å². The molecule has 3 rings (SSSR count). The van der Waals surface area contributed by atoms with Gasteiger partial charge in [-0.05, 0) is 55.3 Å². The minimum Gasteiger partial charge on any atom is -0.322 e. The predicted molar refractivity (Wildman–Crippen MR) is 103 cm³/mol. The van der Waals surface area contributed by atoms with Gasteiger partial charge in [-0.2, -0.15) is 0 Å². The van der Waals surface area contributed by atoms with Crippen LogP contribution in [0.2, 0.25) is 0 Å². The monoisotopic (exact) mass is 345 g/mol. The summed E-state index contributed by atoms with van der Waals surface area (Å²) < 4.78 is 0. The van der Waals surface area contributed by atoms with E-state index in [1.807, 2.05) is 62.4 Å². The number of hydrogen-bond acceptors (Lipinski definition) is 3. The topological polar surface area (TPSA) is 71.1 Å². The molecule has 1 heterocycles. The normalized spacial score (nSPS) is 10.2. The van der Waals surface area contributed by atoms with Gasteiger partial charge in [-0.1, -0.05) is 30.3 Å². The third-order valence-corrected chi connectivity index (χ3v) is 3.92. The first kappa shape index (κ1) is 17.4. The number of anilines is 2. The number of aryl methyl sites for hydroxylation is 2. The maximum Gasteiger partial charge on any atom is 0.274 e. The highest BCUT2D eigenvalue weighted by atomic mass is 16.2. The molecule has 130 valence electrons. The van der Waals surface area contributed by atoms with Gasteiger partial charge < -0.3 is 10.6 Å². The van der Waals surface area contributed by atoms with Crippen molar-refractivity contribution in [3.05, 3.63) is 89.2 Å². The molecule has 0 atom stereocenters. The van der Waals surface area contributed by atoms with Crippen molar-refractivity contribution in [1.29, 1.82) is 0 Å². The van der Waals surface area contributed by atoms with Crippen molar-refractivity contribution in [2.45, 2.75) is 13.8 Å². The summed E-state index contributed by atoms with van der Waals surface area (Å²) in [5.74, 6) is -0.646. The number of nitrogens with zero attached hydrogens (tertiary/aromatic N) is 1. The summed E-state index contributed by atoms with van der Waals surface area (Å²) in [7, 11) is 0. The van der Waals surface area contributed by atoms with Crippen molar-refractivity contribution in [2.75, 3.05) is 10.6 Å². The largest absolute Gasteiger partial charge is 0.322 e. The highest BCUT2D eigenvalue weighted by Crippen LogP contribution is 2.15. The molecule has 2 N–H and O–H groups in total. The Hall–Kier alpha value is -3.47. The lowest BCUT2D eigenvalue weighted by Gasteiger charge is -2.09.